The molecule has 19 heavy (non-hydrogen) atoms. The van der Waals surface area contributed by atoms with Gasteiger partial charge >= 0.3 is 0 Å². The summed E-state index contributed by atoms with van der Waals surface area (Å²) < 4.78 is 0. The van der Waals surface area contributed by atoms with Crippen molar-refractivity contribution in [1.82, 2.24) is 5.43 Å². The van der Waals surface area contributed by atoms with E-state index in [1.807, 2.05) is 23.1 Å². The molecule has 1 aromatic heterocycles. The molecule has 2 aliphatic rings. The molecule has 0 amide bonds. The Morgan fingerprint density at radius 2 is 2.16 bits per heavy atom. The van der Waals surface area contributed by atoms with Crippen molar-refractivity contribution in [2.45, 2.75) is 50.3 Å². The summed E-state index contributed by atoms with van der Waals surface area (Å²) in [5.74, 6) is 8.99. The van der Waals surface area contributed by atoms with Crippen molar-refractivity contribution in [3.8, 4) is 0 Å². The van der Waals surface area contributed by atoms with Crippen LogP contribution in [0.1, 0.15) is 47.4 Å². The van der Waals surface area contributed by atoms with Crippen LogP contribution >= 0.6 is 23.1 Å². The number of thioether (sulfide) groups is 1. The van der Waals surface area contributed by atoms with Gasteiger partial charge < -0.3 is 5.43 Å². The Balaban J connectivity index is 1.80. The smallest absolute Gasteiger partial charge is 0.153 e. The molecule has 1 aliphatic carbocycles. The Hall–Kier alpha value is -0.520. The Bertz CT molecular complexity index is 438. The lowest BCUT2D eigenvalue weighted by Crippen LogP contribution is -2.32. The number of rotatable bonds is 2. The van der Waals surface area contributed by atoms with Gasteiger partial charge in [-0.1, -0.05) is 19.3 Å². The fourth-order valence-corrected chi connectivity index (χ4v) is 5.16. The monoisotopic (exact) mass is 295 g/mol. The van der Waals surface area contributed by atoms with Gasteiger partial charge in [0.1, 0.15) is 0 Å². The molecular formula is C14H21N3S2. The van der Waals surface area contributed by atoms with Gasteiger partial charge in [-0.3, -0.25) is 4.99 Å². The van der Waals surface area contributed by atoms with E-state index in [2.05, 4.69) is 11.5 Å². The van der Waals surface area contributed by atoms with E-state index in [1.165, 1.54) is 59.6 Å². The number of hydrogen-bond acceptors (Lipinski definition) is 4. The summed E-state index contributed by atoms with van der Waals surface area (Å²) in [5, 5.41) is 0. The van der Waals surface area contributed by atoms with Gasteiger partial charge in [-0.05, 0) is 36.6 Å². The summed E-state index contributed by atoms with van der Waals surface area (Å²) in [5.41, 5.74) is 4.32. The number of aryl methyl sites for hydroxylation is 1. The quantitative estimate of drug-likeness (QED) is 0.381. The van der Waals surface area contributed by atoms with Crippen molar-refractivity contribution >= 4 is 28.9 Å². The van der Waals surface area contributed by atoms with Crippen molar-refractivity contribution in [3.05, 3.63) is 21.4 Å². The summed E-state index contributed by atoms with van der Waals surface area (Å²) in [6.45, 7) is 0. The number of fused-ring (bicyclic) bond motifs is 1. The Labute approximate surface area is 123 Å². The Kier molecular flexibility index (Phi) is 4.45. The molecule has 1 saturated carbocycles. The summed E-state index contributed by atoms with van der Waals surface area (Å²) >= 11 is 3.89. The minimum atomic E-state index is 0.466. The van der Waals surface area contributed by atoms with Gasteiger partial charge in [-0.25, -0.2) is 5.84 Å². The van der Waals surface area contributed by atoms with Crippen LogP contribution in [0.4, 0.5) is 0 Å². The standard InChI is InChI=1S/C14H21N3S2/c15-17-14(16-11-4-2-1-3-5-11)13-8-10-9-18-7-6-12(10)19-13/h8,11H,1-7,9,15H2,(H,16,17). The van der Waals surface area contributed by atoms with Crippen LogP contribution in [0.3, 0.4) is 0 Å². The van der Waals surface area contributed by atoms with E-state index in [4.69, 9.17) is 10.8 Å². The largest absolute Gasteiger partial charge is 0.308 e. The number of hydrazine groups is 1. The van der Waals surface area contributed by atoms with Gasteiger partial charge in [-0.2, -0.15) is 11.8 Å². The number of aliphatic imine (C=N–C) groups is 1. The molecule has 0 saturated heterocycles. The van der Waals surface area contributed by atoms with Crippen LogP contribution in [0.5, 0.6) is 0 Å². The second-order valence-corrected chi connectivity index (χ2v) is 7.52. The predicted molar refractivity (Wildman–Crippen MR) is 84.9 cm³/mol. The molecule has 0 unspecified atom stereocenters. The van der Waals surface area contributed by atoms with Gasteiger partial charge in [-0.15, -0.1) is 11.3 Å². The summed E-state index contributed by atoms with van der Waals surface area (Å²) in [7, 11) is 0. The van der Waals surface area contributed by atoms with Crippen molar-refractivity contribution in [1.29, 1.82) is 0 Å². The first-order chi connectivity index (χ1) is 9.36. The lowest BCUT2D eigenvalue weighted by atomic mass is 9.96. The van der Waals surface area contributed by atoms with Gasteiger partial charge in [0.15, 0.2) is 5.84 Å². The predicted octanol–water partition coefficient (Wildman–Crippen LogP) is 3.08. The normalized spacial score (nSPS) is 21.2. The number of amidine groups is 1. The van der Waals surface area contributed by atoms with Gasteiger partial charge in [0.2, 0.25) is 0 Å². The minimum Gasteiger partial charge on any atom is -0.308 e. The van der Waals surface area contributed by atoms with Crippen LogP contribution in [-0.2, 0) is 12.2 Å². The van der Waals surface area contributed by atoms with E-state index in [-0.39, 0.29) is 0 Å². The molecule has 0 aromatic carbocycles. The van der Waals surface area contributed by atoms with Crippen LogP contribution in [-0.4, -0.2) is 17.6 Å². The fraction of sp³-hybridized carbons (Fsp3) is 0.643. The molecule has 0 spiro atoms. The summed E-state index contributed by atoms with van der Waals surface area (Å²) in [6.07, 6.45) is 7.61. The third kappa shape index (κ3) is 3.15. The lowest BCUT2D eigenvalue weighted by molar-refractivity contribution is 0.442. The second-order valence-electron chi connectivity index (χ2n) is 5.28. The van der Waals surface area contributed by atoms with E-state index in [0.29, 0.717) is 6.04 Å². The molecule has 0 atom stereocenters. The van der Waals surface area contributed by atoms with E-state index in [1.54, 1.807) is 0 Å². The SMILES string of the molecule is NNC(=NC1CCCCC1)c1cc2c(s1)CCSC2. The molecule has 3 rings (SSSR count). The molecule has 1 aliphatic heterocycles. The zero-order valence-electron chi connectivity index (χ0n) is 11.2. The van der Waals surface area contributed by atoms with Crippen LogP contribution in [0.2, 0.25) is 0 Å². The third-order valence-electron chi connectivity index (χ3n) is 3.88. The molecule has 1 aromatic rings. The molecule has 5 heteroatoms. The average molecular weight is 295 g/mol. The number of nitrogens with two attached hydrogens (primary N) is 1. The first-order valence-corrected chi connectivity index (χ1v) is 9.08. The highest BCUT2D eigenvalue weighted by atomic mass is 32.2. The first kappa shape index (κ1) is 13.5. The Morgan fingerprint density at radius 3 is 2.89 bits per heavy atom. The van der Waals surface area contributed by atoms with E-state index in [0.717, 1.165) is 11.6 Å². The van der Waals surface area contributed by atoms with Crippen molar-refractivity contribution < 1.29 is 0 Å². The van der Waals surface area contributed by atoms with Gasteiger partial charge in [0.05, 0.1) is 10.9 Å². The van der Waals surface area contributed by atoms with E-state index >= 15 is 0 Å². The van der Waals surface area contributed by atoms with Crippen LogP contribution < -0.4 is 11.3 Å². The molecule has 0 radical (unpaired) electrons. The van der Waals surface area contributed by atoms with Crippen LogP contribution in [0, 0.1) is 0 Å². The maximum atomic E-state index is 5.70. The number of nitrogens with one attached hydrogen (secondary N) is 1. The maximum absolute atomic E-state index is 5.70. The van der Waals surface area contributed by atoms with E-state index in [9.17, 15) is 0 Å². The van der Waals surface area contributed by atoms with Crippen LogP contribution in [0.15, 0.2) is 11.1 Å². The molecule has 104 valence electrons. The zero-order chi connectivity index (χ0) is 13.1. The molecule has 3 nitrogen and oxygen atoms in total. The maximum Gasteiger partial charge on any atom is 0.153 e. The molecule has 0 bridgehead atoms. The highest BCUT2D eigenvalue weighted by Gasteiger charge is 2.18. The summed E-state index contributed by atoms with van der Waals surface area (Å²) in [6, 6.07) is 2.75. The molecule has 1 fully saturated rings. The average Bonchev–Trinajstić information content (AvgIpc) is 2.89. The van der Waals surface area contributed by atoms with E-state index < -0.39 is 0 Å². The van der Waals surface area contributed by atoms with Crippen molar-refractivity contribution in [2.75, 3.05) is 5.75 Å². The van der Waals surface area contributed by atoms with Crippen molar-refractivity contribution in [2.24, 2.45) is 10.8 Å². The summed E-state index contributed by atoms with van der Waals surface area (Å²) in [4.78, 5) is 7.60. The lowest BCUT2D eigenvalue weighted by Gasteiger charge is -2.18. The topological polar surface area (TPSA) is 50.4 Å². The molecule has 2 heterocycles. The van der Waals surface area contributed by atoms with Crippen molar-refractivity contribution in [3.63, 3.8) is 0 Å². The highest BCUT2D eigenvalue weighted by molar-refractivity contribution is 7.98. The second kappa shape index (κ2) is 6.29. The molecule has 3 N–H and O–H groups in total. The number of nitrogens with zero attached hydrogens (tertiary/aromatic N) is 1. The van der Waals surface area contributed by atoms with Gasteiger partial charge in [0.25, 0.3) is 0 Å². The highest BCUT2D eigenvalue weighted by Crippen LogP contribution is 2.32. The number of hydrogen-bond donors (Lipinski definition) is 2. The molecular weight excluding hydrogens is 274 g/mol. The minimum absolute atomic E-state index is 0.466. The zero-order valence-corrected chi connectivity index (χ0v) is 12.8. The van der Waals surface area contributed by atoms with Gasteiger partial charge in [0, 0.05) is 10.6 Å². The Morgan fingerprint density at radius 1 is 1.32 bits per heavy atom. The fourth-order valence-electron chi connectivity index (χ4n) is 2.83. The van der Waals surface area contributed by atoms with Crippen LogP contribution in [0.25, 0.3) is 0 Å². The third-order valence-corrected chi connectivity index (χ3v) is 6.14. The number of thiophene rings is 1. The first-order valence-electron chi connectivity index (χ1n) is 7.11.